The largest absolute Gasteiger partial charge is 0.389 e. The van der Waals surface area contributed by atoms with Gasteiger partial charge in [0.1, 0.15) is 8.07 Å². The predicted octanol–water partition coefficient (Wildman–Crippen LogP) is 1.44. The van der Waals surface area contributed by atoms with E-state index in [4.69, 9.17) is 0 Å². The second kappa shape index (κ2) is 3.12. The van der Waals surface area contributed by atoms with E-state index in [9.17, 15) is 5.11 Å². The molecule has 1 aromatic carbocycles. The second-order valence-electron chi connectivity index (χ2n) is 3.91. The zero-order valence-electron chi connectivity index (χ0n) is 7.77. The molecule has 0 unspecified atom stereocenters. The molecule has 0 saturated heterocycles. The molecular weight excluding hydrogens is 176 g/mol. The smallest absolute Gasteiger partial charge is 0.109 e. The van der Waals surface area contributed by atoms with Crippen LogP contribution in [0, 0.1) is 0 Å². The summed E-state index contributed by atoms with van der Waals surface area (Å²) in [5, 5.41) is 10.9. The van der Waals surface area contributed by atoms with Crippen LogP contribution < -0.4 is 5.19 Å². The summed E-state index contributed by atoms with van der Waals surface area (Å²) in [5.41, 5.74) is 2.24. The maximum atomic E-state index is 9.47. The van der Waals surface area contributed by atoms with Gasteiger partial charge in [0.2, 0.25) is 0 Å². The van der Waals surface area contributed by atoms with Crippen molar-refractivity contribution >= 4 is 13.3 Å². The third-order valence-electron chi connectivity index (χ3n) is 2.75. The summed E-state index contributed by atoms with van der Waals surface area (Å²) in [6.45, 7) is 2.30. The third kappa shape index (κ3) is 1.60. The topological polar surface area (TPSA) is 20.2 Å². The Hall–Kier alpha value is -0.863. The number of benzene rings is 1. The van der Waals surface area contributed by atoms with E-state index < -0.39 is 8.07 Å². The fourth-order valence-electron chi connectivity index (χ4n) is 1.93. The molecule has 0 aromatic heterocycles. The van der Waals surface area contributed by atoms with Gasteiger partial charge in [-0.25, -0.2) is 0 Å². The van der Waals surface area contributed by atoms with Gasteiger partial charge in [-0.05, 0) is 6.04 Å². The lowest BCUT2D eigenvalue weighted by Crippen LogP contribution is -2.42. The molecule has 1 aromatic rings. The average Bonchev–Trinajstić information content (AvgIpc) is 2.49. The summed E-state index contributed by atoms with van der Waals surface area (Å²) in [6, 6.07) is 11.5. The van der Waals surface area contributed by atoms with Crippen LogP contribution in [0.3, 0.4) is 0 Å². The van der Waals surface area contributed by atoms with E-state index in [2.05, 4.69) is 36.5 Å². The van der Waals surface area contributed by atoms with E-state index in [1.807, 2.05) is 12.1 Å². The fraction of sp³-hybridized carbons (Fsp3) is 0.273. The van der Waals surface area contributed by atoms with Crippen molar-refractivity contribution in [2.75, 3.05) is 0 Å². The zero-order valence-corrected chi connectivity index (χ0v) is 8.77. The molecule has 1 N–H and O–H groups in total. The van der Waals surface area contributed by atoms with Gasteiger partial charge in [-0.2, -0.15) is 0 Å². The second-order valence-corrected chi connectivity index (χ2v) is 8.07. The molecule has 0 saturated carbocycles. The van der Waals surface area contributed by atoms with Crippen LogP contribution in [0.2, 0.25) is 12.6 Å². The van der Waals surface area contributed by atoms with Crippen molar-refractivity contribution in [3.8, 4) is 0 Å². The Bertz CT molecular complexity index is 320. The van der Waals surface area contributed by atoms with E-state index in [1.54, 1.807) is 0 Å². The quantitative estimate of drug-likeness (QED) is 0.664. The Morgan fingerprint density at radius 2 is 2.00 bits per heavy atom. The SMILES string of the molecule is C[Si@@]1(c2ccccc2)C=C[C@H](O)C1. The minimum atomic E-state index is -1.46. The van der Waals surface area contributed by atoms with Crippen LogP contribution in [-0.2, 0) is 0 Å². The summed E-state index contributed by atoms with van der Waals surface area (Å²) in [6.07, 6.45) is 1.73. The molecule has 68 valence electrons. The highest BCUT2D eigenvalue weighted by atomic mass is 28.3. The van der Waals surface area contributed by atoms with E-state index in [0.29, 0.717) is 0 Å². The molecule has 1 heterocycles. The van der Waals surface area contributed by atoms with Gasteiger partial charge in [0.05, 0.1) is 6.10 Å². The third-order valence-corrected chi connectivity index (χ3v) is 6.60. The molecule has 2 atom stereocenters. The van der Waals surface area contributed by atoms with Crippen molar-refractivity contribution in [2.24, 2.45) is 0 Å². The number of hydrogen-bond acceptors (Lipinski definition) is 1. The first-order valence-electron chi connectivity index (χ1n) is 4.64. The van der Waals surface area contributed by atoms with Crippen LogP contribution in [0.25, 0.3) is 0 Å². The minimum absolute atomic E-state index is 0.211. The van der Waals surface area contributed by atoms with E-state index in [-0.39, 0.29) is 6.10 Å². The van der Waals surface area contributed by atoms with Crippen LogP contribution in [-0.4, -0.2) is 19.3 Å². The fourth-order valence-corrected chi connectivity index (χ4v) is 5.10. The first kappa shape index (κ1) is 8.72. The highest BCUT2D eigenvalue weighted by Gasteiger charge is 2.32. The minimum Gasteiger partial charge on any atom is -0.389 e. The van der Waals surface area contributed by atoms with Crippen LogP contribution in [0.4, 0.5) is 0 Å². The van der Waals surface area contributed by atoms with Gasteiger partial charge in [-0.1, -0.05) is 53.8 Å². The number of aliphatic hydroxyl groups is 1. The van der Waals surface area contributed by atoms with Crippen molar-refractivity contribution in [1.29, 1.82) is 0 Å². The highest BCUT2D eigenvalue weighted by molar-refractivity contribution is 6.95. The van der Waals surface area contributed by atoms with Gasteiger partial charge < -0.3 is 5.11 Å². The monoisotopic (exact) mass is 190 g/mol. The predicted molar refractivity (Wildman–Crippen MR) is 57.6 cm³/mol. The lowest BCUT2D eigenvalue weighted by molar-refractivity contribution is 0.246. The van der Waals surface area contributed by atoms with Crippen LogP contribution in [0.15, 0.2) is 42.1 Å². The Labute approximate surface area is 79.7 Å². The Balaban J connectivity index is 2.32. The van der Waals surface area contributed by atoms with Gasteiger partial charge in [0, 0.05) is 0 Å². The molecule has 13 heavy (non-hydrogen) atoms. The molecule has 0 amide bonds. The standard InChI is InChI=1S/C11H14OSi/c1-13(8-7-10(12)9-13)11-5-3-2-4-6-11/h2-8,10,12H,9H2,1H3/t10-,13+/m0/s1. The molecule has 0 fully saturated rings. The summed E-state index contributed by atoms with van der Waals surface area (Å²) in [4.78, 5) is 0. The first-order valence-corrected chi connectivity index (χ1v) is 7.42. The lowest BCUT2D eigenvalue weighted by Gasteiger charge is -2.20. The molecular formula is C11H14OSi. The van der Waals surface area contributed by atoms with Crippen molar-refractivity contribution in [1.82, 2.24) is 0 Å². The number of rotatable bonds is 1. The van der Waals surface area contributed by atoms with Gasteiger partial charge >= 0.3 is 0 Å². The molecule has 2 rings (SSSR count). The van der Waals surface area contributed by atoms with Gasteiger partial charge in [0.15, 0.2) is 0 Å². The highest BCUT2D eigenvalue weighted by Crippen LogP contribution is 2.21. The molecule has 0 spiro atoms. The van der Waals surface area contributed by atoms with Crippen molar-refractivity contribution in [2.45, 2.75) is 18.7 Å². The van der Waals surface area contributed by atoms with E-state index in [1.165, 1.54) is 5.19 Å². The molecule has 1 nitrogen and oxygen atoms in total. The Morgan fingerprint density at radius 3 is 2.54 bits per heavy atom. The normalized spacial score (nSPS) is 32.3. The zero-order chi connectivity index (χ0) is 9.31. The Kier molecular flexibility index (Phi) is 2.10. The first-order chi connectivity index (χ1) is 6.21. The maximum Gasteiger partial charge on any atom is 0.109 e. The Morgan fingerprint density at radius 1 is 1.31 bits per heavy atom. The van der Waals surface area contributed by atoms with E-state index >= 15 is 0 Å². The van der Waals surface area contributed by atoms with Gasteiger partial charge in [-0.15, -0.1) is 0 Å². The number of hydrogen-bond donors (Lipinski definition) is 1. The van der Waals surface area contributed by atoms with Crippen molar-refractivity contribution in [3.05, 3.63) is 42.1 Å². The summed E-state index contributed by atoms with van der Waals surface area (Å²) < 4.78 is 0. The summed E-state index contributed by atoms with van der Waals surface area (Å²) in [5.74, 6) is 0. The lowest BCUT2D eigenvalue weighted by atomic mass is 10.4. The van der Waals surface area contributed by atoms with Crippen LogP contribution >= 0.6 is 0 Å². The van der Waals surface area contributed by atoms with Crippen molar-refractivity contribution in [3.63, 3.8) is 0 Å². The molecule has 2 heteroatoms. The van der Waals surface area contributed by atoms with Crippen molar-refractivity contribution < 1.29 is 5.11 Å². The number of aliphatic hydroxyl groups excluding tert-OH is 1. The maximum absolute atomic E-state index is 9.47. The molecule has 0 radical (unpaired) electrons. The van der Waals surface area contributed by atoms with Gasteiger partial charge in [0.25, 0.3) is 0 Å². The van der Waals surface area contributed by atoms with Gasteiger partial charge in [-0.3, -0.25) is 0 Å². The van der Waals surface area contributed by atoms with Crippen LogP contribution in [0.1, 0.15) is 0 Å². The molecule has 0 bridgehead atoms. The average molecular weight is 190 g/mol. The summed E-state index contributed by atoms with van der Waals surface area (Å²) >= 11 is 0. The molecule has 0 aliphatic carbocycles. The molecule has 1 aliphatic rings. The van der Waals surface area contributed by atoms with E-state index in [0.717, 1.165) is 6.04 Å². The molecule has 1 aliphatic heterocycles. The van der Waals surface area contributed by atoms with Crippen LogP contribution in [0.5, 0.6) is 0 Å². The summed E-state index contributed by atoms with van der Waals surface area (Å²) in [7, 11) is -1.46.